The summed E-state index contributed by atoms with van der Waals surface area (Å²) in [6.07, 6.45) is 2.32. The Morgan fingerprint density at radius 3 is 2.48 bits per heavy atom. The molecule has 0 radical (unpaired) electrons. The molecule has 136 valence electrons. The number of primary amides is 1. The first kappa shape index (κ1) is 18.8. The molecule has 3 N–H and O–H groups in total. The van der Waals surface area contributed by atoms with Crippen LogP contribution in [0.15, 0.2) is 18.2 Å². The predicted octanol–water partition coefficient (Wildman–Crippen LogP) is 1.52. The van der Waals surface area contributed by atoms with E-state index in [0.29, 0.717) is 0 Å². The molecule has 0 aliphatic heterocycles. The number of benzene rings is 1. The molecule has 0 saturated carbocycles. The minimum absolute atomic E-state index is 0.111. The molecule has 0 fully saturated rings. The zero-order valence-corrected chi connectivity index (χ0v) is 14.9. The number of alkyl carbamates (subject to hydrolysis) is 1. The number of carbonyl (C=O) groups is 3. The third kappa shape index (κ3) is 5.77. The molecule has 0 atom stereocenters. The highest BCUT2D eigenvalue weighted by atomic mass is 16.6. The molecule has 1 aliphatic carbocycles. The van der Waals surface area contributed by atoms with Gasteiger partial charge in [0.1, 0.15) is 5.60 Å². The summed E-state index contributed by atoms with van der Waals surface area (Å²) in [4.78, 5) is 36.8. The van der Waals surface area contributed by atoms with Crippen molar-refractivity contribution in [1.29, 1.82) is 0 Å². The Balaban J connectivity index is 2.06. The summed E-state index contributed by atoms with van der Waals surface area (Å²) in [5, 5.41) is 2.17. The van der Waals surface area contributed by atoms with Gasteiger partial charge in [-0.25, -0.2) is 4.79 Å². The number of hydrogen-bond donors (Lipinski definition) is 2. The standard InChI is InChI=1S/C18H25N3O4/c1-18(2,3)25-17(24)20-16(23)11-21(10-15(19)22)14-8-7-12-5-4-6-13(12)9-14/h7-9H,4-6,10-11H2,1-3H3,(H2,19,22)(H,20,23,24). The lowest BCUT2D eigenvalue weighted by molar-refractivity contribution is -0.119. The molecule has 1 aromatic rings. The van der Waals surface area contributed by atoms with Crippen LogP contribution < -0.4 is 16.0 Å². The van der Waals surface area contributed by atoms with Crippen LogP contribution in [0.4, 0.5) is 10.5 Å². The maximum absolute atomic E-state index is 12.1. The van der Waals surface area contributed by atoms with E-state index >= 15 is 0 Å². The number of nitrogens with one attached hydrogen (secondary N) is 1. The first-order valence-corrected chi connectivity index (χ1v) is 8.32. The number of rotatable bonds is 5. The summed E-state index contributed by atoms with van der Waals surface area (Å²) in [7, 11) is 0. The molecular formula is C18H25N3O4. The van der Waals surface area contributed by atoms with Crippen LogP contribution >= 0.6 is 0 Å². The molecule has 1 aromatic carbocycles. The van der Waals surface area contributed by atoms with E-state index in [-0.39, 0.29) is 13.1 Å². The Hall–Kier alpha value is -2.57. The monoisotopic (exact) mass is 347 g/mol. The van der Waals surface area contributed by atoms with Crippen molar-refractivity contribution < 1.29 is 19.1 Å². The van der Waals surface area contributed by atoms with Crippen molar-refractivity contribution in [3.05, 3.63) is 29.3 Å². The van der Waals surface area contributed by atoms with Gasteiger partial charge < -0.3 is 15.4 Å². The highest BCUT2D eigenvalue weighted by molar-refractivity contribution is 5.95. The number of anilines is 1. The summed E-state index contributed by atoms with van der Waals surface area (Å²) in [5.74, 6) is -1.11. The maximum atomic E-state index is 12.1. The van der Waals surface area contributed by atoms with Crippen LogP contribution in [0.5, 0.6) is 0 Å². The molecule has 7 nitrogen and oxygen atoms in total. The summed E-state index contributed by atoms with van der Waals surface area (Å²) in [6, 6.07) is 5.86. The fourth-order valence-electron chi connectivity index (χ4n) is 2.81. The fourth-order valence-corrected chi connectivity index (χ4v) is 2.81. The quantitative estimate of drug-likeness (QED) is 0.841. The summed E-state index contributed by atoms with van der Waals surface area (Å²) < 4.78 is 5.06. The first-order valence-electron chi connectivity index (χ1n) is 8.32. The average Bonchev–Trinajstić information content (AvgIpc) is 2.90. The van der Waals surface area contributed by atoms with Gasteiger partial charge in [0.05, 0.1) is 13.1 Å². The molecule has 7 heteroatoms. The van der Waals surface area contributed by atoms with Gasteiger partial charge in [-0.2, -0.15) is 0 Å². The van der Waals surface area contributed by atoms with E-state index in [9.17, 15) is 14.4 Å². The minimum Gasteiger partial charge on any atom is -0.444 e. The largest absolute Gasteiger partial charge is 0.444 e. The van der Waals surface area contributed by atoms with Gasteiger partial charge in [0.2, 0.25) is 11.8 Å². The van der Waals surface area contributed by atoms with Crippen molar-refractivity contribution in [2.45, 2.75) is 45.6 Å². The number of carbonyl (C=O) groups excluding carboxylic acids is 3. The van der Waals surface area contributed by atoms with Crippen LogP contribution in [0, 0.1) is 0 Å². The number of aryl methyl sites for hydroxylation is 2. The summed E-state index contributed by atoms with van der Waals surface area (Å²) >= 11 is 0. The van der Waals surface area contributed by atoms with Crippen molar-refractivity contribution in [2.75, 3.05) is 18.0 Å². The SMILES string of the molecule is CC(C)(C)OC(=O)NC(=O)CN(CC(N)=O)c1ccc2c(c1)CCC2. The van der Waals surface area contributed by atoms with Gasteiger partial charge in [0, 0.05) is 5.69 Å². The van der Waals surface area contributed by atoms with Crippen molar-refractivity contribution in [3.8, 4) is 0 Å². The van der Waals surface area contributed by atoms with Crippen molar-refractivity contribution in [3.63, 3.8) is 0 Å². The molecular weight excluding hydrogens is 322 g/mol. The Morgan fingerprint density at radius 2 is 1.84 bits per heavy atom. The van der Waals surface area contributed by atoms with Crippen molar-refractivity contribution in [2.24, 2.45) is 5.73 Å². The third-order valence-electron chi connectivity index (χ3n) is 3.77. The van der Waals surface area contributed by atoms with E-state index in [0.717, 1.165) is 24.9 Å². The van der Waals surface area contributed by atoms with Crippen molar-refractivity contribution >= 4 is 23.6 Å². The van der Waals surface area contributed by atoms with E-state index in [1.807, 2.05) is 18.2 Å². The summed E-state index contributed by atoms with van der Waals surface area (Å²) in [6.45, 7) is 4.85. The van der Waals surface area contributed by atoms with E-state index in [4.69, 9.17) is 10.5 Å². The van der Waals surface area contributed by atoms with Crippen LogP contribution in [0.2, 0.25) is 0 Å². The van der Waals surface area contributed by atoms with E-state index < -0.39 is 23.5 Å². The van der Waals surface area contributed by atoms with Gasteiger partial charge in [-0.1, -0.05) is 6.07 Å². The van der Waals surface area contributed by atoms with Crippen LogP contribution in [0.3, 0.4) is 0 Å². The second-order valence-electron chi connectivity index (χ2n) is 7.18. The van der Waals surface area contributed by atoms with Gasteiger partial charge in [-0.05, 0) is 63.3 Å². The highest BCUT2D eigenvalue weighted by Crippen LogP contribution is 2.26. The van der Waals surface area contributed by atoms with Gasteiger partial charge in [-0.3, -0.25) is 14.9 Å². The van der Waals surface area contributed by atoms with Gasteiger partial charge in [0.15, 0.2) is 0 Å². The second kappa shape index (κ2) is 7.55. The molecule has 0 unspecified atom stereocenters. The minimum atomic E-state index is -0.814. The number of imide groups is 1. The molecule has 0 aromatic heterocycles. The number of ether oxygens (including phenoxy) is 1. The topological polar surface area (TPSA) is 102 Å². The summed E-state index contributed by atoms with van der Waals surface area (Å²) in [5.41, 5.74) is 7.85. The lowest BCUT2D eigenvalue weighted by Gasteiger charge is -2.24. The Morgan fingerprint density at radius 1 is 1.16 bits per heavy atom. The van der Waals surface area contributed by atoms with Crippen LogP contribution in [-0.2, 0) is 27.2 Å². The molecule has 0 spiro atoms. The zero-order valence-electron chi connectivity index (χ0n) is 14.9. The normalized spacial score (nSPS) is 13.1. The number of nitrogens with two attached hydrogens (primary N) is 1. The van der Waals surface area contributed by atoms with E-state index in [1.54, 1.807) is 25.7 Å². The number of hydrogen-bond acceptors (Lipinski definition) is 5. The van der Waals surface area contributed by atoms with Gasteiger partial charge in [0.25, 0.3) is 0 Å². The van der Waals surface area contributed by atoms with Crippen LogP contribution in [0.1, 0.15) is 38.3 Å². The molecule has 25 heavy (non-hydrogen) atoms. The van der Waals surface area contributed by atoms with Crippen LogP contribution in [-0.4, -0.2) is 36.6 Å². The Bertz CT molecular complexity index is 679. The first-order chi connectivity index (χ1) is 11.6. The molecule has 0 heterocycles. The van der Waals surface area contributed by atoms with Crippen molar-refractivity contribution in [1.82, 2.24) is 5.32 Å². The Kier molecular flexibility index (Phi) is 5.66. The third-order valence-corrected chi connectivity index (χ3v) is 3.77. The molecule has 0 saturated heterocycles. The lowest BCUT2D eigenvalue weighted by Crippen LogP contribution is -2.44. The zero-order chi connectivity index (χ0) is 18.6. The second-order valence-corrected chi connectivity index (χ2v) is 7.18. The predicted molar refractivity (Wildman–Crippen MR) is 94.3 cm³/mol. The smallest absolute Gasteiger partial charge is 0.414 e. The molecule has 3 amide bonds. The molecule has 0 bridgehead atoms. The van der Waals surface area contributed by atoms with Gasteiger partial charge in [-0.15, -0.1) is 0 Å². The number of fused-ring (bicyclic) bond motifs is 1. The molecule has 1 aliphatic rings. The lowest BCUT2D eigenvalue weighted by atomic mass is 10.1. The van der Waals surface area contributed by atoms with Crippen LogP contribution in [0.25, 0.3) is 0 Å². The fraction of sp³-hybridized carbons (Fsp3) is 0.500. The number of nitrogens with zero attached hydrogens (tertiary/aromatic N) is 1. The van der Waals surface area contributed by atoms with E-state index in [1.165, 1.54) is 11.1 Å². The highest BCUT2D eigenvalue weighted by Gasteiger charge is 2.21. The van der Waals surface area contributed by atoms with E-state index in [2.05, 4.69) is 5.32 Å². The number of amides is 3. The molecule has 2 rings (SSSR count). The maximum Gasteiger partial charge on any atom is 0.414 e. The Labute approximate surface area is 147 Å². The van der Waals surface area contributed by atoms with Gasteiger partial charge >= 0.3 is 6.09 Å². The average molecular weight is 347 g/mol.